The van der Waals surface area contributed by atoms with E-state index in [0.29, 0.717) is 12.8 Å². The first kappa shape index (κ1) is 50.4. The quantitative estimate of drug-likeness (QED) is 0.0216. The molecule has 10 heteroatoms. The van der Waals surface area contributed by atoms with Gasteiger partial charge in [0, 0.05) is 12.8 Å². The standard InChI is InChI=1S/C45H76O10/c1-3-5-7-9-11-13-15-17-19-21-23-25-27-29-31-33-40(47)52-36-38(37-53-45-44(51)43(50)42(49)39(35-46)55-45)54-41(48)34-32-30-28-26-24-22-20-18-16-14-12-10-8-6-4-2/h5,7,9-13,15,17,19,38-39,42-46,49-51H,3-4,6,8,14,16,18,20-37H2,1-2H3/b7-5+,11-9+,12-10+,15-13+,19-17+/t38-,39-,42+,43?,44?,45-/m0/s1. The topological polar surface area (TPSA) is 152 Å². The summed E-state index contributed by atoms with van der Waals surface area (Å²) in [7, 11) is 0. The molecule has 1 aliphatic rings. The highest BCUT2D eigenvalue weighted by Crippen LogP contribution is 2.22. The van der Waals surface area contributed by atoms with Crippen molar-refractivity contribution in [3.63, 3.8) is 0 Å². The van der Waals surface area contributed by atoms with Gasteiger partial charge < -0.3 is 39.4 Å². The normalized spacial score (nSPS) is 21.2. The average molecular weight is 777 g/mol. The van der Waals surface area contributed by atoms with Crippen molar-refractivity contribution in [1.82, 2.24) is 0 Å². The lowest BCUT2D eigenvalue weighted by molar-refractivity contribution is -0.305. The van der Waals surface area contributed by atoms with Crippen molar-refractivity contribution in [2.24, 2.45) is 0 Å². The SMILES string of the molecule is CC/C=C/C=C/C=C/C=C/CCCCCCCC(=O)OC[C@@H](CO[C@H]1O[C@@H](CO)[C@@H](O)C(O)C1O)OC(=O)CCCCCCCCCCC/C=C/CCCC. The van der Waals surface area contributed by atoms with Crippen LogP contribution in [0.25, 0.3) is 0 Å². The number of hydrogen-bond acceptors (Lipinski definition) is 10. The molecule has 2 unspecified atom stereocenters. The number of rotatable bonds is 34. The summed E-state index contributed by atoms with van der Waals surface area (Å²) < 4.78 is 22.1. The van der Waals surface area contributed by atoms with Gasteiger partial charge in [-0.15, -0.1) is 0 Å². The van der Waals surface area contributed by atoms with Crippen molar-refractivity contribution in [3.8, 4) is 0 Å². The van der Waals surface area contributed by atoms with Crippen LogP contribution in [0.4, 0.5) is 0 Å². The highest BCUT2D eigenvalue weighted by molar-refractivity contribution is 5.70. The molecule has 1 fully saturated rings. The van der Waals surface area contributed by atoms with Crippen molar-refractivity contribution in [1.29, 1.82) is 0 Å². The van der Waals surface area contributed by atoms with E-state index in [-0.39, 0.29) is 26.1 Å². The summed E-state index contributed by atoms with van der Waals surface area (Å²) in [5.41, 5.74) is 0. The minimum atomic E-state index is -1.60. The maximum absolute atomic E-state index is 12.7. The monoisotopic (exact) mass is 777 g/mol. The summed E-state index contributed by atoms with van der Waals surface area (Å²) in [4.78, 5) is 25.3. The smallest absolute Gasteiger partial charge is 0.306 e. The third-order valence-corrected chi connectivity index (χ3v) is 9.48. The van der Waals surface area contributed by atoms with Crippen molar-refractivity contribution < 1.29 is 49.0 Å². The number of ether oxygens (including phenoxy) is 4. The number of allylic oxidation sites excluding steroid dienone is 10. The molecule has 6 atom stereocenters. The summed E-state index contributed by atoms with van der Waals surface area (Å²) in [5, 5.41) is 40.0. The summed E-state index contributed by atoms with van der Waals surface area (Å²) in [6, 6.07) is 0. The predicted molar refractivity (Wildman–Crippen MR) is 219 cm³/mol. The van der Waals surface area contributed by atoms with Gasteiger partial charge in [-0.2, -0.15) is 0 Å². The Hall–Kier alpha value is -2.60. The molecule has 0 aromatic heterocycles. The van der Waals surface area contributed by atoms with E-state index >= 15 is 0 Å². The molecule has 0 aromatic rings. The minimum absolute atomic E-state index is 0.219. The molecule has 1 aliphatic heterocycles. The van der Waals surface area contributed by atoms with Crippen LogP contribution in [0, 0.1) is 0 Å². The van der Waals surface area contributed by atoms with Crippen molar-refractivity contribution in [2.45, 2.75) is 192 Å². The summed E-state index contributed by atoms with van der Waals surface area (Å²) in [5.74, 6) is -0.841. The fraction of sp³-hybridized carbons (Fsp3) is 0.733. The van der Waals surface area contributed by atoms with Crippen LogP contribution in [0.2, 0.25) is 0 Å². The Morgan fingerprint density at radius 3 is 1.67 bits per heavy atom. The summed E-state index contributed by atoms with van der Waals surface area (Å²) in [6.07, 6.45) is 35.1. The molecule has 55 heavy (non-hydrogen) atoms. The van der Waals surface area contributed by atoms with Gasteiger partial charge in [-0.3, -0.25) is 9.59 Å². The number of carbonyl (C=O) groups is 2. The van der Waals surface area contributed by atoms with Crippen LogP contribution in [-0.2, 0) is 28.5 Å². The first-order valence-corrected chi connectivity index (χ1v) is 21.4. The van der Waals surface area contributed by atoms with Crippen LogP contribution in [0.5, 0.6) is 0 Å². The van der Waals surface area contributed by atoms with Crippen LogP contribution >= 0.6 is 0 Å². The molecule has 0 saturated carbocycles. The Bertz CT molecular complexity index is 1080. The molecule has 1 rings (SSSR count). The minimum Gasteiger partial charge on any atom is -0.462 e. The Morgan fingerprint density at radius 1 is 0.582 bits per heavy atom. The summed E-state index contributed by atoms with van der Waals surface area (Å²) >= 11 is 0. The molecular formula is C45H76O10. The predicted octanol–water partition coefficient (Wildman–Crippen LogP) is 8.66. The van der Waals surface area contributed by atoms with E-state index in [1.807, 2.05) is 30.4 Å². The molecule has 0 amide bonds. The van der Waals surface area contributed by atoms with Crippen LogP contribution in [0.1, 0.15) is 155 Å². The zero-order valence-corrected chi connectivity index (χ0v) is 34.2. The third-order valence-electron chi connectivity index (χ3n) is 9.48. The molecule has 10 nitrogen and oxygen atoms in total. The van der Waals surface area contributed by atoms with Gasteiger partial charge in [-0.1, -0.05) is 152 Å². The van der Waals surface area contributed by atoms with Gasteiger partial charge in [0.1, 0.15) is 31.0 Å². The van der Waals surface area contributed by atoms with E-state index in [1.165, 1.54) is 57.8 Å². The number of unbranched alkanes of at least 4 members (excludes halogenated alkanes) is 16. The number of esters is 2. The molecule has 0 spiro atoms. The zero-order valence-electron chi connectivity index (χ0n) is 34.2. The number of aliphatic hydroxyl groups excluding tert-OH is 4. The van der Waals surface area contributed by atoms with Gasteiger partial charge in [0.2, 0.25) is 0 Å². The van der Waals surface area contributed by atoms with Gasteiger partial charge in [0.05, 0.1) is 13.2 Å². The number of carbonyl (C=O) groups excluding carboxylic acids is 2. The van der Waals surface area contributed by atoms with Gasteiger partial charge in [0.15, 0.2) is 12.4 Å². The Labute approximate surface area is 332 Å². The van der Waals surface area contributed by atoms with Crippen molar-refractivity contribution >= 4 is 11.9 Å². The average Bonchev–Trinajstić information content (AvgIpc) is 3.18. The van der Waals surface area contributed by atoms with E-state index in [2.05, 4.69) is 44.2 Å². The molecule has 0 bridgehead atoms. The fourth-order valence-electron chi connectivity index (χ4n) is 6.06. The van der Waals surface area contributed by atoms with Gasteiger partial charge in [0.25, 0.3) is 0 Å². The van der Waals surface area contributed by atoms with E-state index in [0.717, 1.165) is 57.8 Å². The molecule has 0 aliphatic carbocycles. The highest BCUT2D eigenvalue weighted by atomic mass is 16.7. The maximum atomic E-state index is 12.7. The van der Waals surface area contributed by atoms with Crippen LogP contribution in [0.15, 0.2) is 60.8 Å². The Morgan fingerprint density at radius 2 is 1.09 bits per heavy atom. The molecule has 316 valence electrons. The second kappa shape index (κ2) is 35.8. The first-order chi connectivity index (χ1) is 26.8. The number of hydrogen-bond donors (Lipinski definition) is 4. The second-order valence-corrected chi connectivity index (χ2v) is 14.5. The molecule has 0 aromatic carbocycles. The van der Waals surface area contributed by atoms with Crippen LogP contribution in [0.3, 0.4) is 0 Å². The van der Waals surface area contributed by atoms with Crippen molar-refractivity contribution in [2.75, 3.05) is 19.8 Å². The lowest BCUT2D eigenvalue weighted by Gasteiger charge is -2.39. The lowest BCUT2D eigenvalue weighted by Crippen LogP contribution is -2.59. The molecule has 1 heterocycles. The van der Waals surface area contributed by atoms with Crippen LogP contribution in [-0.4, -0.2) is 89.0 Å². The van der Waals surface area contributed by atoms with E-state index in [9.17, 15) is 30.0 Å². The van der Waals surface area contributed by atoms with E-state index in [4.69, 9.17) is 18.9 Å². The van der Waals surface area contributed by atoms with Gasteiger partial charge in [-0.25, -0.2) is 0 Å². The van der Waals surface area contributed by atoms with Crippen LogP contribution < -0.4 is 0 Å². The van der Waals surface area contributed by atoms with Crippen molar-refractivity contribution in [3.05, 3.63) is 60.8 Å². The van der Waals surface area contributed by atoms with Gasteiger partial charge >= 0.3 is 11.9 Å². The fourth-order valence-corrected chi connectivity index (χ4v) is 6.06. The van der Waals surface area contributed by atoms with Gasteiger partial charge in [-0.05, 0) is 51.4 Å². The first-order valence-electron chi connectivity index (χ1n) is 21.4. The molecular weight excluding hydrogens is 700 g/mol. The maximum Gasteiger partial charge on any atom is 0.306 e. The lowest BCUT2D eigenvalue weighted by atomic mass is 9.99. The second-order valence-electron chi connectivity index (χ2n) is 14.5. The largest absolute Gasteiger partial charge is 0.462 e. The number of aliphatic hydroxyl groups is 4. The Balaban J connectivity index is 2.37. The highest BCUT2D eigenvalue weighted by Gasteiger charge is 2.44. The van der Waals surface area contributed by atoms with E-state index in [1.54, 1.807) is 0 Å². The Kier molecular flexibility index (Phi) is 32.8. The molecule has 0 radical (unpaired) electrons. The molecule has 4 N–H and O–H groups in total. The molecule has 1 saturated heterocycles. The summed E-state index contributed by atoms with van der Waals surface area (Å²) in [6.45, 7) is 3.21. The van der Waals surface area contributed by atoms with E-state index < -0.39 is 55.4 Å². The third kappa shape index (κ3) is 27.6. The zero-order chi connectivity index (χ0) is 40.2.